The standard InChI is InChI=1S/C37H29N/c1-3-15-36-33(4-2)35-26-31(28-18-10-6-11-19-28)25-34(29-20-12-7-13-21-29)37(35)38(36)32-23-14-22-30(24-32)27-16-8-5-9-17-27/h3-26H,2H2,1H3/b15-3-. The van der Waals surface area contributed by atoms with Crippen LogP contribution in [0.1, 0.15) is 18.2 Å². The van der Waals surface area contributed by atoms with Gasteiger partial charge in [-0.05, 0) is 65.1 Å². The molecule has 0 aliphatic carbocycles. The van der Waals surface area contributed by atoms with Crippen molar-refractivity contribution in [3.8, 4) is 39.1 Å². The normalized spacial score (nSPS) is 11.3. The summed E-state index contributed by atoms with van der Waals surface area (Å²) < 4.78 is 2.40. The number of hydrogen-bond acceptors (Lipinski definition) is 0. The van der Waals surface area contributed by atoms with Crippen molar-refractivity contribution in [2.45, 2.75) is 6.92 Å². The smallest absolute Gasteiger partial charge is 0.0619 e. The summed E-state index contributed by atoms with van der Waals surface area (Å²) in [6.45, 7) is 6.33. The van der Waals surface area contributed by atoms with Gasteiger partial charge in [0, 0.05) is 22.2 Å². The van der Waals surface area contributed by atoms with Gasteiger partial charge in [0.15, 0.2) is 0 Å². The van der Waals surface area contributed by atoms with Gasteiger partial charge in [0.05, 0.1) is 11.2 Å². The Morgan fingerprint density at radius 3 is 1.76 bits per heavy atom. The van der Waals surface area contributed by atoms with E-state index < -0.39 is 0 Å². The number of rotatable bonds is 6. The van der Waals surface area contributed by atoms with E-state index in [1.165, 1.54) is 44.3 Å². The third-order valence-corrected chi connectivity index (χ3v) is 7.07. The van der Waals surface area contributed by atoms with Crippen molar-refractivity contribution in [2.24, 2.45) is 0 Å². The quantitative estimate of drug-likeness (QED) is 0.220. The van der Waals surface area contributed by atoms with Crippen LogP contribution in [0, 0.1) is 0 Å². The van der Waals surface area contributed by atoms with E-state index in [4.69, 9.17) is 0 Å². The first kappa shape index (κ1) is 23.5. The molecule has 1 heteroatoms. The lowest BCUT2D eigenvalue weighted by molar-refractivity contribution is 1.11. The van der Waals surface area contributed by atoms with Gasteiger partial charge < -0.3 is 4.57 Å². The molecule has 0 unspecified atom stereocenters. The topological polar surface area (TPSA) is 4.93 Å². The summed E-state index contributed by atoms with van der Waals surface area (Å²) in [7, 11) is 0. The highest BCUT2D eigenvalue weighted by molar-refractivity contribution is 6.05. The van der Waals surface area contributed by atoms with Gasteiger partial charge in [0.1, 0.15) is 0 Å². The summed E-state index contributed by atoms with van der Waals surface area (Å²) in [5, 5.41) is 1.19. The van der Waals surface area contributed by atoms with E-state index in [2.05, 4.69) is 158 Å². The van der Waals surface area contributed by atoms with E-state index in [0.717, 1.165) is 16.9 Å². The second-order valence-electron chi connectivity index (χ2n) is 9.41. The SMILES string of the molecule is C=Cc1c(/C=C\C)n(-c2cccc(-c3ccccc3)c2)c2c(-c3ccccc3)cc(-c3ccccc3)cc12. The molecule has 0 aliphatic heterocycles. The van der Waals surface area contributed by atoms with Crippen LogP contribution in [-0.2, 0) is 0 Å². The van der Waals surface area contributed by atoms with Crippen molar-refractivity contribution in [3.63, 3.8) is 0 Å². The van der Waals surface area contributed by atoms with Crippen LogP contribution in [0.5, 0.6) is 0 Å². The lowest BCUT2D eigenvalue weighted by Gasteiger charge is -2.15. The second kappa shape index (κ2) is 10.2. The molecule has 0 amide bonds. The van der Waals surface area contributed by atoms with Crippen molar-refractivity contribution >= 4 is 23.1 Å². The molecular weight excluding hydrogens is 458 g/mol. The minimum atomic E-state index is 1.13. The highest BCUT2D eigenvalue weighted by Crippen LogP contribution is 2.41. The first-order chi connectivity index (χ1) is 18.8. The molecule has 1 aromatic heterocycles. The molecule has 0 atom stereocenters. The molecule has 0 N–H and O–H groups in total. The maximum absolute atomic E-state index is 4.25. The van der Waals surface area contributed by atoms with Crippen LogP contribution in [0.2, 0.25) is 0 Å². The highest BCUT2D eigenvalue weighted by Gasteiger charge is 2.20. The Hall–Kier alpha value is -4.88. The van der Waals surface area contributed by atoms with E-state index in [0.29, 0.717) is 0 Å². The monoisotopic (exact) mass is 487 g/mol. The molecule has 0 saturated heterocycles. The number of hydrogen-bond donors (Lipinski definition) is 0. The molecule has 0 bridgehead atoms. The van der Waals surface area contributed by atoms with E-state index in [1.54, 1.807) is 0 Å². The largest absolute Gasteiger partial charge is 0.309 e. The predicted octanol–water partition coefficient (Wildman–Crippen LogP) is 10.3. The lowest BCUT2D eigenvalue weighted by atomic mass is 9.95. The third kappa shape index (κ3) is 4.19. The van der Waals surface area contributed by atoms with Crippen molar-refractivity contribution < 1.29 is 0 Å². The zero-order chi connectivity index (χ0) is 25.9. The Morgan fingerprint density at radius 1 is 0.579 bits per heavy atom. The Balaban J connectivity index is 1.73. The van der Waals surface area contributed by atoms with E-state index in [-0.39, 0.29) is 0 Å². The molecule has 6 rings (SSSR count). The van der Waals surface area contributed by atoms with Gasteiger partial charge in [-0.3, -0.25) is 0 Å². The third-order valence-electron chi connectivity index (χ3n) is 7.07. The van der Waals surface area contributed by atoms with Crippen LogP contribution in [0.4, 0.5) is 0 Å². The molecule has 0 radical (unpaired) electrons. The summed E-state index contributed by atoms with van der Waals surface area (Å²) in [5.41, 5.74) is 11.8. The summed E-state index contributed by atoms with van der Waals surface area (Å²) >= 11 is 0. The Bertz CT molecular complexity index is 1750. The number of fused-ring (bicyclic) bond motifs is 1. The molecule has 0 spiro atoms. The fourth-order valence-electron chi connectivity index (χ4n) is 5.35. The Labute approximate surface area is 224 Å². The van der Waals surface area contributed by atoms with E-state index in [1.807, 2.05) is 6.08 Å². The maximum atomic E-state index is 4.25. The average Bonchev–Trinajstić information content (AvgIpc) is 3.31. The van der Waals surface area contributed by atoms with Crippen molar-refractivity contribution in [3.05, 3.63) is 151 Å². The summed E-state index contributed by atoms with van der Waals surface area (Å²) in [4.78, 5) is 0. The second-order valence-corrected chi connectivity index (χ2v) is 9.41. The van der Waals surface area contributed by atoms with Gasteiger partial charge in [-0.25, -0.2) is 0 Å². The van der Waals surface area contributed by atoms with Gasteiger partial charge >= 0.3 is 0 Å². The molecule has 0 saturated carbocycles. The van der Waals surface area contributed by atoms with Gasteiger partial charge in [-0.15, -0.1) is 0 Å². The average molecular weight is 488 g/mol. The molecule has 6 aromatic rings. The molecule has 5 aromatic carbocycles. The van der Waals surface area contributed by atoms with Gasteiger partial charge in [0.2, 0.25) is 0 Å². The van der Waals surface area contributed by atoms with Gasteiger partial charge in [0.25, 0.3) is 0 Å². The minimum absolute atomic E-state index is 1.13. The van der Waals surface area contributed by atoms with Crippen LogP contribution in [0.25, 0.3) is 62.1 Å². The molecule has 1 nitrogen and oxygen atoms in total. The fourth-order valence-corrected chi connectivity index (χ4v) is 5.35. The number of allylic oxidation sites excluding steroid dienone is 1. The van der Waals surface area contributed by atoms with Crippen LogP contribution in [0.15, 0.2) is 140 Å². The van der Waals surface area contributed by atoms with Crippen molar-refractivity contribution in [1.29, 1.82) is 0 Å². The zero-order valence-corrected chi connectivity index (χ0v) is 21.5. The molecular formula is C37H29N. The first-order valence-corrected chi connectivity index (χ1v) is 13.0. The van der Waals surface area contributed by atoms with Gasteiger partial charge in [-0.2, -0.15) is 0 Å². The molecule has 0 aliphatic rings. The highest BCUT2D eigenvalue weighted by atomic mass is 15.0. The number of benzene rings is 5. The Morgan fingerprint density at radius 2 is 1.16 bits per heavy atom. The van der Waals surface area contributed by atoms with Gasteiger partial charge in [-0.1, -0.05) is 122 Å². The van der Waals surface area contributed by atoms with Crippen molar-refractivity contribution in [1.82, 2.24) is 4.57 Å². The number of nitrogens with zero attached hydrogens (tertiary/aromatic N) is 1. The van der Waals surface area contributed by atoms with E-state index in [9.17, 15) is 0 Å². The Kier molecular flexibility index (Phi) is 6.34. The minimum Gasteiger partial charge on any atom is -0.309 e. The lowest BCUT2D eigenvalue weighted by Crippen LogP contribution is -1.99. The summed E-state index contributed by atoms with van der Waals surface area (Å²) in [6, 6.07) is 45.3. The zero-order valence-electron chi connectivity index (χ0n) is 21.5. The number of aromatic nitrogens is 1. The predicted molar refractivity (Wildman–Crippen MR) is 164 cm³/mol. The fraction of sp³-hybridized carbons (Fsp3) is 0.0270. The maximum Gasteiger partial charge on any atom is 0.0619 e. The molecule has 0 fully saturated rings. The van der Waals surface area contributed by atoms with Crippen LogP contribution in [0.3, 0.4) is 0 Å². The first-order valence-electron chi connectivity index (χ1n) is 13.0. The summed E-state index contributed by atoms with van der Waals surface area (Å²) in [6.07, 6.45) is 6.31. The van der Waals surface area contributed by atoms with Crippen LogP contribution in [-0.4, -0.2) is 4.57 Å². The molecule has 38 heavy (non-hydrogen) atoms. The summed E-state index contributed by atoms with van der Waals surface area (Å²) in [5.74, 6) is 0. The van der Waals surface area contributed by atoms with Crippen LogP contribution >= 0.6 is 0 Å². The molecule has 182 valence electrons. The van der Waals surface area contributed by atoms with E-state index >= 15 is 0 Å². The van der Waals surface area contributed by atoms with Crippen molar-refractivity contribution in [2.75, 3.05) is 0 Å². The molecule has 1 heterocycles. The van der Waals surface area contributed by atoms with Crippen LogP contribution < -0.4 is 0 Å².